The van der Waals surface area contributed by atoms with E-state index in [1.54, 1.807) is 7.11 Å². The van der Waals surface area contributed by atoms with Crippen molar-refractivity contribution >= 4 is 0 Å². The minimum absolute atomic E-state index is 0.452. The SMILES string of the molecule is COc1ccc(-c2noc(C3CCCCC3)n2)cc1. The van der Waals surface area contributed by atoms with Crippen LogP contribution in [0, 0.1) is 0 Å². The first kappa shape index (κ1) is 12.2. The average Bonchev–Trinajstić information content (AvgIpc) is 2.98. The van der Waals surface area contributed by atoms with Gasteiger partial charge in [0.1, 0.15) is 5.75 Å². The van der Waals surface area contributed by atoms with Crippen LogP contribution >= 0.6 is 0 Å². The van der Waals surface area contributed by atoms with Crippen LogP contribution in [0.4, 0.5) is 0 Å². The summed E-state index contributed by atoms with van der Waals surface area (Å²) in [6.45, 7) is 0. The second-order valence-corrected chi connectivity index (χ2v) is 5.02. The molecular weight excluding hydrogens is 240 g/mol. The number of hydrogen-bond acceptors (Lipinski definition) is 4. The van der Waals surface area contributed by atoms with Crippen LogP contribution in [-0.2, 0) is 0 Å². The molecule has 1 aliphatic carbocycles. The molecule has 0 unspecified atom stereocenters. The fraction of sp³-hybridized carbons (Fsp3) is 0.467. The Bertz CT molecular complexity index is 527. The van der Waals surface area contributed by atoms with E-state index in [2.05, 4.69) is 10.1 Å². The van der Waals surface area contributed by atoms with Gasteiger partial charge in [0, 0.05) is 11.5 Å². The average molecular weight is 258 g/mol. The maximum Gasteiger partial charge on any atom is 0.230 e. The molecule has 1 fully saturated rings. The van der Waals surface area contributed by atoms with Gasteiger partial charge in [-0.3, -0.25) is 0 Å². The normalized spacial score (nSPS) is 16.5. The largest absolute Gasteiger partial charge is 0.497 e. The van der Waals surface area contributed by atoms with Crippen LogP contribution in [0.5, 0.6) is 5.75 Å². The Hall–Kier alpha value is -1.84. The van der Waals surface area contributed by atoms with Gasteiger partial charge < -0.3 is 9.26 Å². The van der Waals surface area contributed by atoms with Crippen molar-refractivity contribution in [2.45, 2.75) is 38.0 Å². The van der Waals surface area contributed by atoms with Crippen molar-refractivity contribution in [1.82, 2.24) is 10.1 Å². The first-order valence-corrected chi connectivity index (χ1v) is 6.85. The zero-order chi connectivity index (χ0) is 13.1. The van der Waals surface area contributed by atoms with Gasteiger partial charge >= 0.3 is 0 Å². The monoisotopic (exact) mass is 258 g/mol. The predicted molar refractivity (Wildman–Crippen MR) is 72.1 cm³/mol. The fourth-order valence-electron chi connectivity index (χ4n) is 2.61. The van der Waals surface area contributed by atoms with E-state index < -0.39 is 0 Å². The quantitative estimate of drug-likeness (QED) is 0.840. The Balaban J connectivity index is 1.79. The molecule has 4 heteroatoms. The number of ether oxygens (including phenoxy) is 1. The lowest BCUT2D eigenvalue weighted by Gasteiger charge is -2.17. The van der Waals surface area contributed by atoms with Crippen LogP contribution in [0.2, 0.25) is 0 Å². The molecule has 0 radical (unpaired) electrons. The molecule has 0 atom stereocenters. The Morgan fingerprint density at radius 3 is 2.53 bits per heavy atom. The lowest BCUT2D eigenvalue weighted by atomic mass is 9.89. The maximum absolute atomic E-state index is 5.42. The molecule has 1 saturated carbocycles. The Morgan fingerprint density at radius 1 is 1.11 bits per heavy atom. The minimum Gasteiger partial charge on any atom is -0.497 e. The zero-order valence-corrected chi connectivity index (χ0v) is 11.1. The number of rotatable bonds is 3. The van der Waals surface area contributed by atoms with E-state index in [0.29, 0.717) is 11.7 Å². The zero-order valence-electron chi connectivity index (χ0n) is 11.1. The molecule has 1 aromatic heterocycles. The summed E-state index contributed by atoms with van der Waals surface area (Å²) in [7, 11) is 1.66. The molecule has 1 aliphatic rings. The van der Waals surface area contributed by atoms with E-state index in [1.165, 1.54) is 32.1 Å². The van der Waals surface area contributed by atoms with E-state index >= 15 is 0 Å². The van der Waals surface area contributed by atoms with Crippen molar-refractivity contribution in [3.05, 3.63) is 30.2 Å². The highest BCUT2D eigenvalue weighted by molar-refractivity contribution is 5.55. The van der Waals surface area contributed by atoms with Gasteiger partial charge in [-0.25, -0.2) is 0 Å². The summed E-state index contributed by atoms with van der Waals surface area (Å²) < 4.78 is 10.6. The van der Waals surface area contributed by atoms with Gasteiger partial charge in [-0.1, -0.05) is 24.4 Å². The third-order valence-corrected chi connectivity index (χ3v) is 3.74. The second-order valence-electron chi connectivity index (χ2n) is 5.02. The van der Waals surface area contributed by atoms with Crippen molar-refractivity contribution < 1.29 is 9.26 Å². The molecule has 0 aliphatic heterocycles. The Kier molecular flexibility index (Phi) is 3.49. The summed E-state index contributed by atoms with van der Waals surface area (Å²) in [5, 5.41) is 4.09. The van der Waals surface area contributed by atoms with E-state index in [4.69, 9.17) is 9.26 Å². The Labute approximate surface area is 112 Å². The van der Waals surface area contributed by atoms with Gasteiger partial charge in [-0.15, -0.1) is 0 Å². The predicted octanol–water partition coefficient (Wildman–Crippen LogP) is 3.79. The van der Waals surface area contributed by atoms with Gasteiger partial charge in [0.2, 0.25) is 11.7 Å². The van der Waals surface area contributed by atoms with E-state index in [-0.39, 0.29) is 0 Å². The highest BCUT2D eigenvalue weighted by atomic mass is 16.5. The summed E-state index contributed by atoms with van der Waals surface area (Å²) >= 11 is 0. The van der Waals surface area contributed by atoms with Crippen molar-refractivity contribution in [3.8, 4) is 17.1 Å². The molecule has 0 bridgehead atoms. The highest BCUT2D eigenvalue weighted by Crippen LogP contribution is 2.32. The summed E-state index contributed by atoms with van der Waals surface area (Å²) in [4.78, 5) is 4.54. The molecule has 0 saturated heterocycles. The van der Waals surface area contributed by atoms with Gasteiger partial charge in [0.05, 0.1) is 7.11 Å². The molecule has 1 heterocycles. The molecule has 1 aromatic carbocycles. The first-order valence-electron chi connectivity index (χ1n) is 6.85. The fourth-order valence-corrected chi connectivity index (χ4v) is 2.61. The standard InChI is InChI=1S/C15H18N2O2/c1-18-13-9-7-11(8-10-13)14-16-15(19-17-14)12-5-3-2-4-6-12/h7-10,12H,2-6H2,1H3. The van der Waals surface area contributed by atoms with Gasteiger partial charge in [0.25, 0.3) is 0 Å². The van der Waals surface area contributed by atoms with Crippen molar-refractivity contribution in [2.75, 3.05) is 7.11 Å². The number of hydrogen-bond donors (Lipinski definition) is 0. The topological polar surface area (TPSA) is 48.2 Å². The lowest BCUT2D eigenvalue weighted by Crippen LogP contribution is -2.04. The molecule has 100 valence electrons. The summed E-state index contributed by atoms with van der Waals surface area (Å²) in [5.74, 6) is 2.75. The van der Waals surface area contributed by atoms with Crippen LogP contribution in [-0.4, -0.2) is 17.3 Å². The molecule has 2 aromatic rings. The second kappa shape index (κ2) is 5.43. The van der Waals surface area contributed by atoms with E-state index in [0.717, 1.165) is 17.2 Å². The lowest BCUT2D eigenvalue weighted by molar-refractivity contribution is 0.314. The van der Waals surface area contributed by atoms with Crippen LogP contribution in [0.25, 0.3) is 11.4 Å². The maximum atomic E-state index is 5.42. The third-order valence-electron chi connectivity index (χ3n) is 3.74. The van der Waals surface area contributed by atoms with Crippen molar-refractivity contribution in [3.63, 3.8) is 0 Å². The molecule has 0 spiro atoms. The first-order chi connectivity index (χ1) is 9.36. The van der Waals surface area contributed by atoms with Crippen LogP contribution < -0.4 is 4.74 Å². The van der Waals surface area contributed by atoms with Gasteiger partial charge in [0.15, 0.2) is 0 Å². The van der Waals surface area contributed by atoms with Gasteiger partial charge in [-0.2, -0.15) is 4.98 Å². The number of benzene rings is 1. The van der Waals surface area contributed by atoms with Gasteiger partial charge in [-0.05, 0) is 37.1 Å². The van der Waals surface area contributed by atoms with E-state index in [1.807, 2.05) is 24.3 Å². The molecular formula is C15H18N2O2. The number of aromatic nitrogens is 2. The molecule has 0 N–H and O–H groups in total. The van der Waals surface area contributed by atoms with Crippen LogP contribution in [0.1, 0.15) is 43.9 Å². The Morgan fingerprint density at radius 2 is 1.84 bits per heavy atom. The molecule has 0 amide bonds. The summed E-state index contributed by atoms with van der Waals surface area (Å²) in [5.41, 5.74) is 0.964. The smallest absolute Gasteiger partial charge is 0.230 e. The van der Waals surface area contributed by atoms with Crippen molar-refractivity contribution in [2.24, 2.45) is 0 Å². The van der Waals surface area contributed by atoms with Crippen LogP contribution in [0.3, 0.4) is 0 Å². The van der Waals surface area contributed by atoms with Crippen LogP contribution in [0.15, 0.2) is 28.8 Å². The van der Waals surface area contributed by atoms with Crippen molar-refractivity contribution in [1.29, 1.82) is 0 Å². The summed E-state index contributed by atoms with van der Waals surface area (Å²) in [6.07, 6.45) is 6.21. The molecule has 19 heavy (non-hydrogen) atoms. The third kappa shape index (κ3) is 2.62. The van der Waals surface area contributed by atoms with E-state index in [9.17, 15) is 0 Å². The number of nitrogens with zero attached hydrogens (tertiary/aromatic N) is 2. The minimum atomic E-state index is 0.452. The summed E-state index contributed by atoms with van der Waals surface area (Å²) in [6, 6.07) is 7.72. The number of methoxy groups -OCH3 is 1. The molecule has 4 nitrogen and oxygen atoms in total. The highest BCUT2D eigenvalue weighted by Gasteiger charge is 2.21. The molecule has 3 rings (SSSR count).